The van der Waals surface area contributed by atoms with Gasteiger partial charge >= 0.3 is 0 Å². The van der Waals surface area contributed by atoms with E-state index in [9.17, 15) is 9.59 Å². The second kappa shape index (κ2) is 5.91. The number of hydrogen-bond donors (Lipinski definition) is 0. The number of aryl methyl sites for hydroxylation is 1. The van der Waals surface area contributed by atoms with Crippen molar-refractivity contribution in [2.75, 3.05) is 0 Å². The average Bonchev–Trinajstić information content (AvgIpc) is 2.24. The van der Waals surface area contributed by atoms with E-state index < -0.39 is 5.24 Å². The van der Waals surface area contributed by atoms with E-state index in [0.29, 0.717) is 12.0 Å². The third-order valence-electron chi connectivity index (χ3n) is 3.07. The first-order chi connectivity index (χ1) is 8.64. The molecule has 1 heterocycles. The maximum Gasteiger partial charge on any atom is 0.254 e. The molecule has 4 heteroatoms. The number of rotatable bonds is 4. The molecule has 1 aromatic heterocycles. The summed E-state index contributed by atoms with van der Waals surface area (Å²) in [6.07, 6.45) is 0.599. The van der Waals surface area contributed by atoms with Crippen LogP contribution < -0.4 is 5.56 Å². The van der Waals surface area contributed by atoms with E-state index in [4.69, 9.17) is 11.6 Å². The largest absolute Gasteiger partial charge is 0.309 e. The van der Waals surface area contributed by atoms with Crippen LogP contribution in [0.5, 0.6) is 0 Å². The Morgan fingerprint density at radius 3 is 2.32 bits per heavy atom. The summed E-state index contributed by atoms with van der Waals surface area (Å²) in [6, 6.07) is 3.89. The second-order valence-corrected chi connectivity index (χ2v) is 6.54. The van der Waals surface area contributed by atoms with Gasteiger partial charge in [-0.15, -0.1) is 0 Å². The lowest BCUT2D eigenvalue weighted by Gasteiger charge is -2.27. The van der Waals surface area contributed by atoms with Crippen molar-refractivity contribution in [3.05, 3.63) is 33.7 Å². The van der Waals surface area contributed by atoms with Crippen LogP contribution in [0.1, 0.15) is 58.3 Å². The first kappa shape index (κ1) is 16.0. The number of carbonyl (C=O) groups is 1. The van der Waals surface area contributed by atoms with Crippen molar-refractivity contribution >= 4 is 16.8 Å². The number of pyridine rings is 1. The zero-order valence-corrected chi connectivity index (χ0v) is 13.0. The van der Waals surface area contributed by atoms with Crippen LogP contribution in [0.15, 0.2) is 16.9 Å². The van der Waals surface area contributed by atoms with Crippen LogP contribution in [0.2, 0.25) is 0 Å². The molecule has 0 bridgehead atoms. The summed E-state index contributed by atoms with van der Waals surface area (Å²) < 4.78 is 1.81. The zero-order chi connectivity index (χ0) is 14.8. The lowest BCUT2D eigenvalue weighted by atomic mass is 9.90. The Kier molecular flexibility index (Phi) is 4.97. The van der Waals surface area contributed by atoms with E-state index in [1.165, 1.54) is 0 Å². The van der Waals surface area contributed by atoms with Crippen LogP contribution in [0.3, 0.4) is 0 Å². The molecule has 0 aliphatic carbocycles. The van der Waals surface area contributed by atoms with Gasteiger partial charge in [0.15, 0.2) is 0 Å². The highest BCUT2D eigenvalue weighted by Crippen LogP contribution is 2.23. The van der Waals surface area contributed by atoms with E-state index >= 15 is 0 Å². The van der Waals surface area contributed by atoms with E-state index in [1.54, 1.807) is 0 Å². The number of nitrogens with zero attached hydrogens (tertiary/aromatic N) is 1. The van der Waals surface area contributed by atoms with Gasteiger partial charge in [-0.1, -0.05) is 26.8 Å². The van der Waals surface area contributed by atoms with Gasteiger partial charge in [-0.05, 0) is 37.9 Å². The van der Waals surface area contributed by atoms with Crippen LogP contribution in [0.4, 0.5) is 0 Å². The molecule has 1 aromatic rings. The minimum absolute atomic E-state index is 0.0136. The minimum atomic E-state index is -0.407. The van der Waals surface area contributed by atoms with Crippen LogP contribution >= 0.6 is 11.6 Å². The second-order valence-electron chi connectivity index (χ2n) is 6.12. The van der Waals surface area contributed by atoms with E-state index in [-0.39, 0.29) is 23.4 Å². The predicted octanol–water partition coefficient (Wildman–Crippen LogP) is 3.42. The van der Waals surface area contributed by atoms with Gasteiger partial charge in [0.2, 0.25) is 5.24 Å². The summed E-state index contributed by atoms with van der Waals surface area (Å²) in [5.74, 6) is 0. The minimum Gasteiger partial charge on any atom is -0.309 e. The Morgan fingerprint density at radius 2 is 1.89 bits per heavy atom. The van der Waals surface area contributed by atoms with Crippen LogP contribution in [-0.4, -0.2) is 9.81 Å². The fourth-order valence-corrected chi connectivity index (χ4v) is 2.24. The van der Waals surface area contributed by atoms with Crippen molar-refractivity contribution in [1.29, 1.82) is 0 Å². The van der Waals surface area contributed by atoms with E-state index in [2.05, 4.69) is 20.8 Å². The monoisotopic (exact) mass is 283 g/mol. The number of aromatic nitrogens is 1. The van der Waals surface area contributed by atoms with Crippen molar-refractivity contribution in [2.24, 2.45) is 0 Å². The van der Waals surface area contributed by atoms with Crippen LogP contribution in [-0.2, 0) is 16.6 Å². The molecule has 0 aromatic carbocycles. The third-order valence-corrected chi connectivity index (χ3v) is 3.26. The topological polar surface area (TPSA) is 39.1 Å². The highest BCUT2D eigenvalue weighted by molar-refractivity contribution is 6.63. The van der Waals surface area contributed by atoms with Gasteiger partial charge < -0.3 is 4.57 Å². The number of halogens is 1. The van der Waals surface area contributed by atoms with Crippen molar-refractivity contribution in [3.63, 3.8) is 0 Å². The molecule has 1 rings (SSSR count). The zero-order valence-electron chi connectivity index (χ0n) is 12.3. The fourth-order valence-electron chi connectivity index (χ4n) is 2.14. The Morgan fingerprint density at radius 1 is 1.32 bits per heavy atom. The summed E-state index contributed by atoms with van der Waals surface area (Å²) in [5.41, 5.74) is 1.55. The lowest BCUT2D eigenvalue weighted by Crippen LogP contribution is -2.32. The highest BCUT2D eigenvalue weighted by atomic mass is 35.5. The molecule has 0 unspecified atom stereocenters. The van der Waals surface area contributed by atoms with Crippen LogP contribution in [0, 0.1) is 0 Å². The van der Waals surface area contributed by atoms with Gasteiger partial charge in [0.25, 0.3) is 5.56 Å². The highest BCUT2D eigenvalue weighted by Gasteiger charge is 2.21. The number of carbonyl (C=O) groups excluding carboxylic acids is 1. The Hall–Kier alpha value is -1.09. The summed E-state index contributed by atoms with van der Waals surface area (Å²) in [5, 5.41) is -0.407. The van der Waals surface area contributed by atoms with Crippen molar-refractivity contribution < 1.29 is 4.79 Å². The quantitative estimate of drug-likeness (QED) is 0.794. The first-order valence-corrected chi connectivity index (χ1v) is 6.95. The third kappa shape index (κ3) is 3.93. The lowest BCUT2D eigenvalue weighted by molar-refractivity contribution is -0.111. The molecule has 0 radical (unpaired) electrons. The molecule has 0 aliphatic rings. The van der Waals surface area contributed by atoms with Gasteiger partial charge in [0.05, 0.1) is 0 Å². The average molecular weight is 284 g/mol. The molecule has 19 heavy (non-hydrogen) atoms. The maximum absolute atomic E-state index is 12.5. The van der Waals surface area contributed by atoms with Crippen LogP contribution in [0.25, 0.3) is 0 Å². The maximum atomic E-state index is 12.5. The smallest absolute Gasteiger partial charge is 0.254 e. The van der Waals surface area contributed by atoms with Gasteiger partial charge in [-0.25, -0.2) is 0 Å². The molecule has 0 N–H and O–H groups in total. The molecule has 0 atom stereocenters. The van der Waals surface area contributed by atoms with E-state index in [0.717, 1.165) is 5.69 Å². The molecule has 0 saturated carbocycles. The Labute approximate surface area is 119 Å². The van der Waals surface area contributed by atoms with Gasteiger partial charge in [-0.2, -0.15) is 0 Å². The molecule has 3 nitrogen and oxygen atoms in total. The molecule has 0 saturated heterocycles. The molecular formula is C15H22ClNO2. The summed E-state index contributed by atoms with van der Waals surface area (Å²) >= 11 is 5.34. The normalized spacial score (nSPS) is 11.9. The number of hydrogen-bond acceptors (Lipinski definition) is 2. The Bertz CT molecular complexity index is 524. The predicted molar refractivity (Wildman–Crippen MR) is 79.0 cm³/mol. The van der Waals surface area contributed by atoms with Crippen molar-refractivity contribution in [1.82, 2.24) is 4.57 Å². The summed E-state index contributed by atoms with van der Waals surface area (Å²) in [4.78, 5) is 23.3. The molecule has 0 spiro atoms. The molecular weight excluding hydrogens is 262 g/mol. The molecule has 0 aliphatic heterocycles. The SMILES string of the molecule is CC(C)n1c(C(C)(C)C)ccc(CCC(=O)Cl)c1=O. The first-order valence-electron chi connectivity index (χ1n) is 6.58. The summed E-state index contributed by atoms with van der Waals surface area (Å²) in [6.45, 7) is 10.2. The molecule has 0 fully saturated rings. The van der Waals surface area contributed by atoms with Crippen molar-refractivity contribution in [2.45, 2.75) is 58.9 Å². The Balaban J connectivity index is 3.32. The summed E-state index contributed by atoms with van der Waals surface area (Å²) in [7, 11) is 0. The van der Waals surface area contributed by atoms with Gasteiger partial charge in [0, 0.05) is 29.1 Å². The fraction of sp³-hybridized carbons (Fsp3) is 0.600. The van der Waals surface area contributed by atoms with Gasteiger partial charge in [-0.3, -0.25) is 9.59 Å². The van der Waals surface area contributed by atoms with Crippen molar-refractivity contribution in [3.8, 4) is 0 Å². The van der Waals surface area contributed by atoms with E-state index in [1.807, 2.05) is 30.5 Å². The molecule has 0 amide bonds. The standard InChI is InChI=1S/C15H22ClNO2/c1-10(2)17-12(15(3,4)5)8-6-11(14(17)19)7-9-13(16)18/h6,8,10H,7,9H2,1-5H3. The van der Waals surface area contributed by atoms with Gasteiger partial charge in [0.1, 0.15) is 0 Å². The molecule has 106 valence electrons.